The molecule has 0 unspecified atom stereocenters. The van der Waals surface area contributed by atoms with E-state index in [4.69, 9.17) is 9.52 Å². The van der Waals surface area contributed by atoms with Gasteiger partial charge < -0.3 is 9.52 Å². The molecule has 0 saturated carbocycles. The quantitative estimate of drug-likeness (QED) is 0.889. The van der Waals surface area contributed by atoms with Crippen LogP contribution in [0.3, 0.4) is 0 Å². The van der Waals surface area contributed by atoms with E-state index in [1.807, 2.05) is 0 Å². The first-order valence-electron chi connectivity index (χ1n) is 5.59. The zero-order valence-corrected chi connectivity index (χ0v) is 11.4. The fourth-order valence-electron chi connectivity index (χ4n) is 1.56. The monoisotopic (exact) mass is 296 g/mol. The van der Waals surface area contributed by atoms with Crippen molar-refractivity contribution in [2.24, 2.45) is 0 Å². The van der Waals surface area contributed by atoms with E-state index >= 15 is 0 Å². The predicted octanol–water partition coefficient (Wildman–Crippen LogP) is 1.19. The maximum Gasteiger partial charge on any atom is 0.371 e. The Labute approximate surface area is 115 Å². The minimum absolute atomic E-state index is 0.133. The number of pyridine rings is 1. The summed E-state index contributed by atoms with van der Waals surface area (Å²) >= 11 is 0. The van der Waals surface area contributed by atoms with Crippen molar-refractivity contribution in [2.75, 3.05) is 7.05 Å². The van der Waals surface area contributed by atoms with Crippen LogP contribution in [0.15, 0.2) is 46.2 Å². The molecule has 20 heavy (non-hydrogen) atoms. The molecule has 0 aromatic carbocycles. The Morgan fingerprint density at radius 3 is 2.50 bits per heavy atom. The summed E-state index contributed by atoms with van der Waals surface area (Å²) in [4.78, 5) is 14.5. The van der Waals surface area contributed by atoms with Gasteiger partial charge in [-0.15, -0.1) is 0 Å². The first kappa shape index (κ1) is 14.2. The summed E-state index contributed by atoms with van der Waals surface area (Å²) in [6.07, 6.45) is 3.12. The van der Waals surface area contributed by atoms with Gasteiger partial charge in [0.15, 0.2) is 0 Å². The Hall–Kier alpha value is -2.19. The van der Waals surface area contributed by atoms with Crippen LogP contribution in [-0.2, 0) is 16.6 Å². The summed E-state index contributed by atoms with van der Waals surface area (Å²) in [5.41, 5.74) is 0.760. The van der Waals surface area contributed by atoms with Crippen LogP contribution in [0.1, 0.15) is 16.1 Å². The van der Waals surface area contributed by atoms with Gasteiger partial charge in [0.25, 0.3) is 10.0 Å². The molecule has 0 aliphatic heterocycles. The highest BCUT2D eigenvalue weighted by Gasteiger charge is 2.25. The van der Waals surface area contributed by atoms with E-state index in [0.29, 0.717) is 0 Å². The average Bonchev–Trinajstić information content (AvgIpc) is 2.90. The standard InChI is InChI=1S/C12H12N2O5S/c1-14(8-9-4-6-13-7-5-9)20(17,18)11-3-2-10(19-11)12(15)16/h2-7H,8H2,1H3,(H,15,16). The summed E-state index contributed by atoms with van der Waals surface area (Å²) in [5.74, 6) is -1.73. The lowest BCUT2D eigenvalue weighted by Crippen LogP contribution is -2.26. The molecule has 1 N–H and O–H groups in total. The molecule has 0 bridgehead atoms. The zero-order valence-electron chi connectivity index (χ0n) is 10.6. The number of aromatic nitrogens is 1. The number of furan rings is 1. The third kappa shape index (κ3) is 2.86. The smallest absolute Gasteiger partial charge is 0.371 e. The topological polar surface area (TPSA) is 101 Å². The van der Waals surface area contributed by atoms with Gasteiger partial charge in [-0.05, 0) is 29.8 Å². The lowest BCUT2D eigenvalue weighted by Gasteiger charge is -2.15. The van der Waals surface area contributed by atoms with Gasteiger partial charge in [0.1, 0.15) is 0 Å². The largest absolute Gasteiger partial charge is 0.475 e. The van der Waals surface area contributed by atoms with Crippen LogP contribution in [0.5, 0.6) is 0 Å². The van der Waals surface area contributed by atoms with Gasteiger partial charge >= 0.3 is 5.97 Å². The summed E-state index contributed by atoms with van der Waals surface area (Å²) < 4.78 is 30.3. The van der Waals surface area contributed by atoms with Crippen molar-refractivity contribution < 1.29 is 22.7 Å². The highest BCUT2D eigenvalue weighted by molar-refractivity contribution is 7.88. The second kappa shape index (κ2) is 5.43. The molecule has 2 aromatic heterocycles. The minimum Gasteiger partial charge on any atom is -0.475 e. The Morgan fingerprint density at radius 1 is 1.30 bits per heavy atom. The molecule has 2 heterocycles. The van der Waals surface area contributed by atoms with Gasteiger partial charge in [0.05, 0.1) is 0 Å². The number of hydrogen-bond donors (Lipinski definition) is 1. The summed E-state index contributed by atoms with van der Waals surface area (Å²) in [7, 11) is -2.48. The van der Waals surface area contributed by atoms with E-state index in [1.165, 1.54) is 7.05 Å². The zero-order chi connectivity index (χ0) is 14.8. The highest BCUT2D eigenvalue weighted by Crippen LogP contribution is 2.19. The second-order valence-corrected chi connectivity index (χ2v) is 6.02. The van der Waals surface area contributed by atoms with Crippen LogP contribution in [-0.4, -0.2) is 35.8 Å². The summed E-state index contributed by atoms with van der Waals surface area (Å²) in [5, 5.41) is 8.33. The summed E-state index contributed by atoms with van der Waals surface area (Å²) in [6.45, 7) is 0.133. The van der Waals surface area contributed by atoms with Gasteiger partial charge in [-0.1, -0.05) is 0 Å². The molecule has 0 amide bonds. The molecule has 106 valence electrons. The van der Waals surface area contributed by atoms with Gasteiger partial charge in [0.2, 0.25) is 10.9 Å². The van der Waals surface area contributed by atoms with E-state index in [0.717, 1.165) is 22.0 Å². The van der Waals surface area contributed by atoms with Crippen molar-refractivity contribution in [1.29, 1.82) is 0 Å². The Balaban J connectivity index is 2.23. The van der Waals surface area contributed by atoms with E-state index in [-0.39, 0.29) is 6.54 Å². The minimum atomic E-state index is -3.87. The maximum atomic E-state index is 12.2. The number of carbonyl (C=O) groups is 1. The molecule has 7 nitrogen and oxygen atoms in total. The molecule has 0 spiro atoms. The Bertz CT molecular complexity index is 708. The molecule has 8 heteroatoms. The molecule has 0 atom stereocenters. The Kier molecular flexibility index (Phi) is 3.86. The Morgan fingerprint density at radius 2 is 1.95 bits per heavy atom. The van der Waals surface area contributed by atoms with Crippen molar-refractivity contribution in [3.8, 4) is 0 Å². The number of nitrogens with zero attached hydrogens (tertiary/aromatic N) is 2. The maximum absolute atomic E-state index is 12.2. The van der Waals surface area contributed by atoms with Crippen LogP contribution in [0.4, 0.5) is 0 Å². The lowest BCUT2D eigenvalue weighted by atomic mass is 10.3. The number of hydrogen-bond acceptors (Lipinski definition) is 5. The van der Waals surface area contributed by atoms with Crippen molar-refractivity contribution in [3.05, 3.63) is 48.0 Å². The first-order chi connectivity index (χ1) is 9.41. The fraction of sp³-hybridized carbons (Fsp3) is 0.167. The normalized spacial score (nSPS) is 11.7. The van der Waals surface area contributed by atoms with Gasteiger partial charge in [-0.2, -0.15) is 4.31 Å². The number of carboxylic acids is 1. The molecule has 0 aliphatic carbocycles. The van der Waals surface area contributed by atoms with E-state index < -0.39 is 26.8 Å². The average molecular weight is 296 g/mol. The molecule has 0 radical (unpaired) electrons. The number of rotatable bonds is 5. The molecule has 2 rings (SSSR count). The molecular weight excluding hydrogens is 284 g/mol. The van der Waals surface area contributed by atoms with E-state index in [1.54, 1.807) is 24.5 Å². The summed E-state index contributed by atoms with van der Waals surface area (Å²) in [6, 6.07) is 5.62. The predicted molar refractivity (Wildman–Crippen MR) is 68.6 cm³/mol. The van der Waals surface area contributed by atoms with Crippen molar-refractivity contribution in [2.45, 2.75) is 11.6 Å². The number of aromatic carboxylic acids is 1. The SMILES string of the molecule is CN(Cc1ccncc1)S(=O)(=O)c1ccc(C(=O)O)o1. The van der Waals surface area contributed by atoms with Crippen LogP contribution in [0, 0.1) is 0 Å². The van der Waals surface area contributed by atoms with Crippen molar-refractivity contribution in [1.82, 2.24) is 9.29 Å². The van der Waals surface area contributed by atoms with Gasteiger partial charge in [-0.25, -0.2) is 13.2 Å². The van der Waals surface area contributed by atoms with Gasteiger partial charge in [0, 0.05) is 26.0 Å². The van der Waals surface area contributed by atoms with E-state index in [2.05, 4.69) is 4.98 Å². The van der Waals surface area contributed by atoms with Crippen LogP contribution in [0.25, 0.3) is 0 Å². The molecule has 0 aliphatic rings. The second-order valence-electron chi connectivity index (χ2n) is 4.04. The van der Waals surface area contributed by atoms with Crippen LogP contribution in [0.2, 0.25) is 0 Å². The first-order valence-corrected chi connectivity index (χ1v) is 7.03. The highest BCUT2D eigenvalue weighted by atomic mass is 32.2. The third-order valence-electron chi connectivity index (χ3n) is 2.61. The third-order valence-corrected chi connectivity index (χ3v) is 4.29. The van der Waals surface area contributed by atoms with Crippen molar-refractivity contribution >= 4 is 16.0 Å². The fourth-order valence-corrected chi connectivity index (χ4v) is 2.62. The lowest BCUT2D eigenvalue weighted by molar-refractivity contribution is 0.0656. The van der Waals surface area contributed by atoms with Gasteiger partial charge in [-0.3, -0.25) is 4.98 Å². The van der Waals surface area contributed by atoms with Crippen LogP contribution >= 0.6 is 0 Å². The number of sulfonamides is 1. The van der Waals surface area contributed by atoms with Crippen LogP contribution < -0.4 is 0 Å². The molecule has 0 fully saturated rings. The molecular formula is C12H12N2O5S. The molecule has 0 saturated heterocycles. The van der Waals surface area contributed by atoms with E-state index in [9.17, 15) is 13.2 Å². The number of carboxylic acid groups (broad SMARTS) is 1. The molecule has 2 aromatic rings. The van der Waals surface area contributed by atoms with Crippen molar-refractivity contribution in [3.63, 3.8) is 0 Å².